The Labute approximate surface area is 398 Å². The zero-order chi connectivity index (χ0) is 47.7. The van der Waals surface area contributed by atoms with E-state index >= 15 is 26.3 Å². The van der Waals surface area contributed by atoms with Gasteiger partial charge in [-0.1, -0.05) is 146 Å². The number of hydrogen-bond donors (Lipinski definition) is 0. The Balaban J connectivity index is 1.10. The molecule has 0 aliphatic carbocycles. The van der Waals surface area contributed by atoms with Gasteiger partial charge in [-0.3, -0.25) is 0 Å². The van der Waals surface area contributed by atoms with Crippen molar-refractivity contribution in [2.75, 3.05) is 0 Å². The van der Waals surface area contributed by atoms with E-state index < -0.39 is 34.6 Å². The molecule has 0 amide bonds. The van der Waals surface area contributed by atoms with Crippen LogP contribution >= 0.6 is 0 Å². The van der Waals surface area contributed by atoms with E-state index in [1.807, 2.05) is 179 Å². The van der Waals surface area contributed by atoms with E-state index in [1.165, 1.54) is 24.3 Å². The first-order valence-corrected chi connectivity index (χ1v) is 22.8. The summed E-state index contributed by atoms with van der Waals surface area (Å²) in [5.74, 6) is 0. The van der Waals surface area contributed by atoms with Crippen molar-refractivity contribution in [1.82, 2.24) is 9.13 Å². The molecule has 8 heteroatoms. The summed E-state index contributed by atoms with van der Waals surface area (Å²) in [5, 5.41) is 3.35. The van der Waals surface area contributed by atoms with E-state index in [-0.39, 0.29) is 11.4 Å². The summed E-state index contributed by atoms with van der Waals surface area (Å²) < 4.78 is 96.1. The van der Waals surface area contributed by atoms with Gasteiger partial charge < -0.3 is 9.13 Å². The molecular formula is C62H38F6N2. The first-order valence-electron chi connectivity index (χ1n) is 22.8. The summed E-state index contributed by atoms with van der Waals surface area (Å²) in [6.07, 6.45) is -10.0. The van der Waals surface area contributed by atoms with Gasteiger partial charge in [0.05, 0.1) is 33.2 Å². The van der Waals surface area contributed by atoms with Gasteiger partial charge in [0.2, 0.25) is 0 Å². The summed E-state index contributed by atoms with van der Waals surface area (Å²) in [5.41, 5.74) is 7.45. The Hall–Kier alpha value is -8.62. The molecule has 338 valence electrons. The Morgan fingerprint density at radius 2 is 0.500 bits per heavy atom. The fourth-order valence-corrected chi connectivity index (χ4v) is 10.1. The fraction of sp³-hybridized carbons (Fsp3) is 0.0323. The average molecular weight is 925 g/mol. The van der Waals surface area contributed by atoms with Gasteiger partial charge >= 0.3 is 12.4 Å². The molecule has 0 aliphatic heterocycles. The van der Waals surface area contributed by atoms with E-state index in [0.29, 0.717) is 22.1 Å². The Morgan fingerprint density at radius 3 is 0.743 bits per heavy atom. The zero-order valence-electron chi connectivity index (χ0n) is 37.1. The lowest BCUT2D eigenvalue weighted by Gasteiger charge is -2.21. The van der Waals surface area contributed by atoms with Crippen LogP contribution < -0.4 is 0 Å². The summed E-state index contributed by atoms with van der Waals surface area (Å²) in [7, 11) is 0. The van der Waals surface area contributed by atoms with Crippen LogP contribution in [0.15, 0.2) is 231 Å². The van der Waals surface area contributed by atoms with Crippen LogP contribution in [0.5, 0.6) is 0 Å². The van der Waals surface area contributed by atoms with E-state index in [4.69, 9.17) is 0 Å². The van der Waals surface area contributed by atoms with E-state index in [2.05, 4.69) is 24.3 Å². The van der Waals surface area contributed by atoms with Crippen molar-refractivity contribution in [1.29, 1.82) is 0 Å². The number of halogens is 6. The molecule has 0 fully saturated rings. The molecule has 0 N–H and O–H groups in total. The highest BCUT2D eigenvalue weighted by molar-refractivity contribution is 6.13. The molecule has 2 aromatic heterocycles. The van der Waals surface area contributed by atoms with Gasteiger partial charge in [0.15, 0.2) is 0 Å². The van der Waals surface area contributed by atoms with Gasteiger partial charge in [0, 0.05) is 32.9 Å². The molecule has 0 spiro atoms. The minimum atomic E-state index is -5.00. The highest BCUT2D eigenvalue weighted by Crippen LogP contribution is 2.47. The molecule has 0 saturated carbocycles. The molecule has 0 aliphatic rings. The number of nitrogens with zero attached hydrogens (tertiary/aromatic N) is 2. The van der Waals surface area contributed by atoms with Crippen LogP contribution in [-0.4, -0.2) is 9.13 Å². The lowest BCUT2D eigenvalue weighted by atomic mass is 9.93. The third kappa shape index (κ3) is 7.40. The normalized spacial score (nSPS) is 12.1. The molecule has 12 rings (SSSR count). The topological polar surface area (TPSA) is 9.86 Å². The maximum atomic E-state index is 15.4. The van der Waals surface area contributed by atoms with E-state index in [9.17, 15) is 0 Å². The van der Waals surface area contributed by atoms with Crippen LogP contribution in [0.25, 0.3) is 111 Å². The van der Waals surface area contributed by atoms with Gasteiger partial charge in [-0.25, -0.2) is 0 Å². The summed E-state index contributed by atoms with van der Waals surface area (Å²) >= 11 is 0. The van der Waals surface area contributed by atoms with Gasteiger partial charge in [0.25, 0.3) is 0 Å². The second-order valence-electron chi connectivity index (χ2n) is 17.5. The van der Waals surface area contributed by atoms with Crippen molar-refractivity contribution < 1.29 is 26.3 Å². The van der Waals surface area contributed by atoms with Gasteiger partial charge in [-0.15, -0.1) is 0 Å². The van der Waals surface area contributed by atoms with Crippen molar-refractivity contribution >= 4 is 43.6 Å². The molecule has 0 saturated heterocycles. The predicted molar refractivity (Wildman–Crippen MR) is 272 cm³/mol. The monoisotopic (exact) mass is 924 g/mol. The molecule has 2 heterocycles. The molecule has 0 unspecified atom stereocenters. The van der Waals surface area contributed by atoms with Crippen molar-refractivity contribution in [3.63, 3.8) is 0 Å². The standard InChI is InChI=1S/C62H38F6N2/c63-61(64,65)55-27-25-47(69-57-29-21-43(39-13-5-1-6-14-39)33-51(57)52-34-44(22-30-58(52)69)40-15-7-2-8-16-40)37-49(55)50-38-48(26-28-56(50)62(66,67)68)70-59-31-23-45(41-17-9-3-10-18-41)35-53(59)54-36-46(24-32-60(54)70)42-19-11-4-12-20-42/h1-38H. The highest BCUT2D eigenvalue weighted by atomic mass is 19.4. The predicted octanol–water partition coefficient (Wildman–Crippen LogP) is 18.3. The summed E-state index contributed by atoms with van der Waals surface area (Å²) in [4.78, 5) is 0. The van der Waals surface area contributed by atoms with Crippen LogP contribution in [0.1, 0.15) is 11.1 Å². The maximum absolute atomic E-state index is 15.4. The molecule has 10 aromatic carbocycles. The number of benzene rings is 10. The first-order chi connectivity index (χ1) is 34.0. The second-order valence-corrected chi connectivity index (χ2v) is 17.5. The Morgan fingerprint density at radius 1 is 0.243 bits per heavy atom. The molecule has 12 aromatic rings. The van der Waals surface area contributed by atoms with Crippen molar-refractivity contribution in [3.05, 3.63) is 242 Å². The molecular weight excluding hydrogens is 887 g/mol. The largest absolute Gasteiger partial charge is 0.417 e. The first kappa shape index (κ1) is 42.7. The number of fused-ring (bicyclic) bond motifs is 6. The molecule has 70 heavy (non-hydrogen) atoms. The minimum absolute atomic E-state index is 0.278. The van der Waals surface area contributed by atoms with E-state index in [0.717, 1.165) is 78.2 Å². The van der Waals surface area contributed by atoms with Crippen LogP contribution in [0.4, 0.5) is 26.3 Å². The minimum Gasteiger partial charge on any atom is -0.309 e. The van der Waals surface area contributed by atoms with E-state index in [1.54, 1.807) is 0 Å². The van der Waals surface area contributed by atoms with Crippen LogP contribution in [0, 0.1) is 0 Å². The number of rotatable bonds is 7. The van der Waals surface area contributed by atoms with Gasteiger partial charge in [0.1, 0.15) is 0 Å². The summed E-state index contributed by atoms with van der Waals surface area (Å²) in [6, 6.07) is 70.2. The quantitative estimate of drug-likeness (QED) is 0.141. The lowest BCUT2D eigenvalue weighted by molar-refractivity contribution is -0.139. The highest BCUT2D eigenvalue weighted by Gasteiger charge is 2.39. The average Bonchev–Trinajstić information content (AvgIpc) is 3.90. The van der Waals surface area contributed by atoms with Crippen molar-refractivity contribution in [2.45, 2.75) is 12.4 Å². The second kappa shape index (κ2) is 16.6. The van der Waals surface area contributed by atoms with Gasteiger partial charge in [-0.05, 0) is 141 Å². The SMILES string of the molecule is FC(F)(F)c1ccc(-n2c3ccc(-c4ccccc4)cc3c3cc(-c4ccccc4)ccc32)cc1-c1cc(-n2c3ccc(-c4ccccc4)cc3c3cc(-c4ccccc4)ccc32)ccc1C(F)(F)F. The van der Waals surface area contributed by atoms with Crippen molar-refractivity contribution in [2.24, 2.45) is 0 Å². The zero-order valence-corrected chi connectivity index (χ0v) is 37.1. The summed E-state index contributed by atoms with van der Waals surface area (Å²) in [6.45, 7) is 0. The lowest BCUT2D eigenvalue weighted by Crippen LogP contribution is -2.12. The molecule has 0 bridgehead atoms. The van der Waals surface area contributed by atoms with Crippen LogP contribution in [-0.2, 0) is 12.4 Å². The van der Waals surface area contributed by atoms with Crippen molar-refractivity contribution in [3.8, 4) is 67.0 Å². The smallest absolute Gasteiger partial charge is 0.309 e. The van der Waals surface area contributed by atoms with Crippen LogP contribution in [0.2, 0.25) is 0 Å². The number of hydrogen-bond acceptors (Lipinski definition) is 0. The maximum Gasteiger partial charge on any atom is 0.417 e. The molecule has 0 radical (unpaired) electrons. The molecule has 2 nitrogen and oxygen atoms in total. The third-order valence-corrected chi connectivity index (χ3v) is 13.4. The Bertz CT molecular complexity index is 3490. The number of alkyl halides is 6. The fourth-order valence-electron chi connectivity index (χ4n) is 10.1. The van der Waals surface area contributed by atoms with Crippen LogP contribution in [0.3, 0.4) is 0 Å². The molecule has 0 atom stereocenters. The van der Waals surface area contributed by atoms with Gasteiger partial charge in [-0.2, -0.15) is 26.3 Å². The Kier molecular flexibility index (Phi) is 10.1. The third-order valence-electron chi connectivity index (χ3n) is 13.4. The number of aromatic nitrogens is 2.